The monoisotopic (exact) mass is 404 g/mol. The number of methoxy groups -OCH3 is 2. The van der Waals surface area contributed by atoms with Crippen LogP contribution in [0.1, 0.15) is 23.2 Å². The lowest BCUT2D eigenvalue weighted by Crippen LogP contribution is -2.34. The van der Waals surface area contributed by atoms with Crippen LogP contribution in [0.4, 0.5) is 0 Å². The fraction of sp³-hybridized carbons (Fsp3) is 0.350. The first-order valence-corrected chi connectivity index (χ1v) is 9.77. The molecule has 8 heteroatoms. The van der Waals surface area contributed by atoms with Crippen molar-refractivity contribution >= 4 is 17.9 Å². The van der Waals surface area contributed by atoms with Crippen LogP contribution in [0.2, 0.25) is 0 Å². The van der Waals surface area contributed by atoms with E-state index in [1.807, 2.05) is 30.3 Å². The largest absolute Gasteiger partial charge is 0.496 e. The molecular formula is C20H24N2O5S. The van der Waals surface area contributed by atoms with Crippen molar-refractivity contribution in [2.45, 2.75) is 23.8 Å². The summed E-state index contributed by atoms with van der Waals surface area (Å²) in [6, 6.07) is 13.2. The minimum absolute atomic E-state index is 0.159. The number of carbonyl (C=O) groups excluding carboxylic acids is 1. The Morgan fingerprint density at radius 1 is 1.07 bits per heavy atom. The average molecular weight is 404 g/mol. The van der Waals surface area contributed by atoms with Crippen molar-refractivity contribution in [2.24, 2.45) is 0 Å². The van der Waals surface area contributed by atoms with Crippen LogP contribution in [0.15, 0.2) is 47.4 Å². The molecule has 1 aliphatic rings. The third-order valence-electron chi connectivity index (χ3n) is 4.52. The van der Waals surface area contributed by atoms with E-state index in [2.05, 4.69) is 4.31 Å². The maximum Gasteiger partial charge on any atom is 0.279 e. The Morgan fingerprint density at radius 2 is 1.71 bits per heavy atom. The maximum absolute atomic E-state index is 12.2. The molecule has 150 valence electrons. The SMILES string of the molecule is COc1ccc(OC)c(C(=O)NO)c1SN1CCC(Oc2ccccc2)CC1. The Balaban J connectivity index is 1.71. The molecule has 0 saturated carbocycles. The van der Waals surface area contributed by atoms with Gasteiger partial charge in [0, 0.05) is 13.1 Å². The van der Waals surface area contributed by atoms with Gasteiger partial charge in [0.2, 0.25) is 0 Å². The van der Waals surface area contributed by atoms with E-state index in [1.54, 1.807) is 24.7 Å². The van der Waals surface area contributed by atoms with Gasteiger partial charge in [-0.15, -0.1) is 0 Å². The molecule has 2 aromatic carbocycles. The number of ether oxygens (including phenoxy) is 3. The zero-order valence-corrected chi connectivity index (χ0v) is 16.7. The van der Waals surface area contributed by atoms with E-state index in [-0.39, 0.29) is 11.7 Å². The van der Waals surface area contributed by atoms with Crippen molar-refractivity contribution in [3.05, 3.63) is 48.0 Å². The zero-order valence-electron chi connectivity index (χ0n) is 15.9. The molecule has 7 nitrogen and oxygen atoms in total. The first-order chi connectivity index (χ1) is 13.7. The van der Waals surface area contributed by atoms with E-state index in [4.69, 9.17) is 19.4 Å². The van der Waals surface area contributed by atoms with Gasteiger partial charge in [0.25, 0.3) is 5.91 Å². The number of carbonyl (C=O) groups is 1. The summed E-state index contributed by atoms with van der Waals surface area (Å²) in [5.41, 5.74) is 1.94. The molecule has 1 heterocycles. The molecule has 2 aromatic rings. The standard InChI is InChI=1S/C20H24N2O5S/c1-25-16-8-9-17(26-2)19(18(16)20(23)21-24)28-22-12-10-15(11-13-22)27-14-6-4-3-5-7-14/h3-9,15,24H,10-13H2,1-2H3,(H,21,23). The molecule has 1 fully saturated rings. The van der Waals surface area contributed by atoms with E-state index >= 15 is 0 Å². The number of nitrogens with one attached hydrogen (secondary N) is 1. The Labute approximate surface area is 168 Å². The van der Waals surface area contributed by atoms with Gasteiger partial charge in [-0.05, 0) is 49.1 Å². The molecule has 3 rings (SSSR count). The van der Waals surface area contributed by atoms with E-state index in [1.165, 1.54) is 19.1 Å². The van der Waals surface area contributed by atoms with Crippen LogP contribution in [0.25, 0.3) is 0 Å². The molecule has 0 aromatic heterocycles. The number of hydrogen-bond donors (Lipinski definition) is 2. The van der Waals surface area contributed by atoms with Gasteiger partial charge in [-0.2, -0.15) is 0 Å². The van der Waals surface area contributed by atoms with Crippen LogP contribution in [-0.4, -0.2) is 48.8 Å². The van der Waals surface area contributed by atoms with Crippen LogP contribution in [0.3, 0.4) is 0 Å². The third-order valence-corrected chi connectivity index (χ3v) is 5.73. The maximum atomic E-state index is 12.2. The number of para-hydroxylation sites is 1. The number of piperidine rings is 1. The van der Waals surface area contributed by atoms with E-state index in [9.17, 15) is 4.79 Å². The molecule has 28 heavy (non-hydrogen) atoms. The van der Waals surface area contributed by atoms with Crippen LogP contribution in [0.5, 0.6) is 17.2 Å². The van der Waals surface area contributed by atoms with Crippen molar-refractivity contribution < 1.29 is 24.2 Å². The lowest BCUT2D eigenvalue weighted by molar-refractivity contribution is 0.0698. The van der Waals surface area contributed by atoms with Gasteiger partial charge in [-0.3, -0.25) is 10.0 Å². The van der Waals surface area contributed by atoms with Crippen molar-refractivity contribution in [3.8, 4) is 17.2 Å². The second-order valence-electron chi connectivity index (χ2n) is 6.27. The first kappa shape index (κ1) is 20.3. The Morgan fingerprint density at radius 3 is 2.32 bits per heavy atom. The smallest absolute Gasteiger partial charge is 0.279 e. The quantitative estimate of drug-likeness (QED) is 0.416. The fourth-order valence-corrected chi connectivity index (χ4v) is 4.28. The molecule has 0 radical (unpaired) electrons. The molecule has 0 spiro atoms. The van der Waals surface area contributed by atoms with Gasteiger partial charge in [-0.25, -0.2) is 9.79 Å². The molecule has 1 amide bonds. The van der Waals surface area contributed by atoms with Crippen LogP contribution in [-0.2, 0) is 0 Å². The lowest BCUT2D eigenvalue weighted by atomic mass is 10.1. The number of amides is 1. The molecule has 0 atom stereocenters. The molecule has 0 unspecified atom stereocenters. The van der Waals surface area contributed by atoms with Gasteiger partial charge in [0.05, 0.1) is 19.1 Å². The van der Waals surface area contributed by atoms with Gasteiger partial charge in [0.15, 0.2) is 0 Å². The second-order valence-corrected chi connectivity index (χ2v) is 7.37. The van der Waals surface area contributed by atoms with Gasteiger partial charge in [-0.1, -0.05) is 18.2 Å². The second kappa shape index (κ2) is 9.68. The topological polar surface area (TPSA) is 80.3 Å². The predicted octanol–water partition coefficient (Wildman–Crippen LogP) is 3.37. The summed E-state index contributed by atoms with van der Waals surface area (Å²) in [7, 11) is 3.03. The molecule has 0 aliphatic carbocycles. The lowest BCUT2D eigenvalue weighted by Gasteiger charge is -2.32. The van der Waals surface area contributed by atoms with Gasteiger partial charge < -0.3 is 14.2 Å². The highest BCUT2D eigenvalue weighted by Gasteiger charge is 2.27. The minimum atomic E-state index is -0.638. The van der Waals surface area contributed by atoms with E-state index < -0.39 is 5.91 Å². The summed E-state index contributed by atoms with van der Waals surface area (Å²) >= 11 is 1.42. The number of hydroxylamine groups is 1. The summed E-state index contributed by atoms with van der Waals surface area (Å²) in [4.78, 5) is 12.8. The first-order valence-electron chi connectivity index (χ1n) is 9.00. The summed E-state index contributed by atoms with van der Waals surface area (Å²) in [5, 5.41) is 9.14. The highest BCUT2D eigenvalue weighted by Crippen LogP contribution is 2.40. The summed E-state index contributed by atoms with van der Waals surface area (Å²) in [6.45, 7) is 1.59. The average Bonchev–Trinajstić information content (AvgIpc) is 2.75. The number of hydrogen-bond acceptors (Lipinski definition) is 7. The summed E-state index contributed by atoms with van der Waals surface area (Å²) in [6.07, 6.45) is 1.90. The number of rotatable bonds is 7. The number of benzene rings is 2. The van der Waals surface area contributed by atoms with Crippen LogP contribution in [0, 0.1) is 0 Å². The highest BCUT2D eigenvalue weighted by atomic mass is 32.2. The fourth-order valence-electron chi connectivity index (χ4n) is 3.10. The van der Waals surface area contributed by atoms with Gasteiger partial charge >= 0.3 is 0 Å². The normalized spacial score (nSPS) is 15.1. The van der Waals surface area contributed by atoms with Crippen molar-refractivity contribution in [1.29, 1.82) is 0 Å². The molecule has 1 saturated heterocycles. The Bertz CT molecular complexity index is 795. The third kappa shape index (κ3) is 4.70. The molecule has 1 aliphatic heterocycles. The molecular weight excluding hydrogens is 380 g/mol. The predicted molar refractivity (Wildman–Crippen MR) is 106 cm³/mol. The van der Waals surface area contributed by atoms with E-state index in [0.717, 1.165) is 31.7 Å². The van der Waals surface area contributed by atoms with Crippen molar-refractivity contribution in [3.63, 3.8) is 0 Å². The molecule has 2 N–H and O–H groups in total. The Hall–Kier alpha value is -2.42. The molecule has 0 bridgehead atoms. The van der Waals surface area contributed by atoms with E-state index in [0.29, 0.717) is 16.4 Å². The van der Waals surface area contributed by atoms with Crippen molar-refractivity contribution in [2.75, 3.05) is 27.3 Å². The van der Waals surface area contributed by atoms with Crippen LogP contribution < -0.4 is 19.7 Å². The summed E-state index contributed by atoms with van der Waals surface area (Å²) in [5.74, 6) is 1.16. The van der Waals surface area contributed by atoms with Gasteiger partial charge in [0.1, 0.15) is 28.9 Å². The Kier molecular flexibility index (Phi) is 7.02. The van der Waals surface area contributed by atoms with Crippen LogP contribution >= 0.6 is 11.9 Å². The summed E-state index contributed by atoms with van der Waals surface area (Å²) < 4.78 is 18.9. The number of nitrogens with zero attached hydrogens (tertiary/aromatic N) is 1. The van der Waals surface area contributed by atoms with Crippen molar-refractivity contribution in [1.82, 2.24) is 9.79 Å². The minimum Gasteiger partial charge on any atom is -0.496 e. The highest BCUT2D eigenvalue weighted by molar-refractivity contribution is 7.97. The zero-order chi connectivity index (χ0) is 19.9.